The maximum atomic E-state index is 5.86. The molecule has 2 rings (SSSR count). The highest BCUT2D eigenvalue weighted by molar-refractivity contribution is 5.82. The summed E-state index contributed by atoms with van der Waals surface area (Å²) >= 11 is 0. The van der Waals surface area contributed by atoms with Crippen LogP contribution in [0.5, 0.6) is 5.75 Å². The van der Waals surface area contributed by atoms with Crippen molar-refractivity contribution >= 4 is 5.84 Å². The van der Waals surface area contributed by atoms with Gasteiger partial charge in [0.1, 0.15) is 24.2 Å². The van der Waals surface area contributed by atoms with Crippen LogP contribution in [0.2, 0.25) is 0 Å². The molecule has 6 heteroatoms. The number of hydrogen-bond donors (Lipinski definition) is 1. The van der Waals surface area contributed by atoms with Crippen molar-refractivity contribution in [3.05, 3.63) is 42.5 Å². The van der Waals surface area contributed by atoms with Gasteiger partial charge in [-0.1, -0.05) is 12.1 Å². The van der Waals surface area contributed by atoms with E-state index in [2.05, 4.69) is 15.3 Å². The minimum absolute atomic E-state index is 0.172. The number of amidine groups is 1. The lowest BCUT2D eigenvalue weighted by atomic mass is 10.1. The smallest absolute Gasteiger partial charge is 0.141 e. The molecular weight excluding hydrogens is 242 g/mol. The number of rotatable bonds is 5. The summed E-state index contributed by atoms with van der Waals surface area (Å²) in [7, 11) is 0. The Morgan fingerprint density at radius 2 is 1.89 bits per heavy atom. The highest BCUT2D eigenvalue weighted by Crippen LogP contribution is 2.14. The first kappa shape index (κ1) is 13.1. The van der Waals surface area contributed by atoms with Gasteiger partial charge in [0.15, 0.2) is 0 Å². The van der Waals surface area contributed by atoms with Crippen molar-refractivity contribution in [3.63, 3.8) is 0 Å². The van der Waals surface area contributed by atoms with E-state index in [1.54, 1.807) is 0 Å². The van der Waals surface area contributed by atoms with Gasteiger partial charge in [0.2, 0.25) is 0 Å². The fraction of sp³-hybridized carbons (Fsp3) is 0.308. The lowest BCUT2D eigenvalue weighted by Gasteiger charge is -2.10. The van der Waals surface area contributed by atoms with Gasteiger partial charge in [0, 0.05) is 6.42 Å². The third kappa shape index (κ3) is 4.09. The molecule has 0 bridgehead atoms. The monoisotopic (exact) mass is 259 g/mol. The van der Waals surface area contributed by atoms with Gasteiger partial charge in [-0.2, -0.15) is 5.10 Å². The average molecular weight is 259 g/mol. The second kappa shape index (κ2) is 5.99. The van der Waals surface area contributed by atoms with Crippen LogP contribution in [0.25, 0.3) is 0 Å². The average Bonchev–Trinajstić information content (AvgIpc) is 2.83. The zero-order chi connectivity index (χ0) is 13.7. The maximum absolute atomic E-state index is 5.86. The quantitative estimate of drug-likeness (QED) is 0.650. The fourth-order valence-corrected chi connectivity index (χ4v) is 1.60. The Kier molecular flexibility index (Phi) is 4.12. The fourth-order valence-electron chi connectivity index (χ4n) is 1.60. The molecule has 1 heterocycles. The Bertz CT molecular complexity index is 531. The van der Waals surface area contributed by atoms with Gasteiger partial charge in [-0.3, -0.25) is 0 Å². The van der Waals surface area contributed by atoms with Crippen molar-refractivity contribution in [1.82, 2.24) is 14.9 Å². The van der Waals surface area contributed by atoms with E-state index in [1.807, 2.05) is 38.1 Å². The molecule has 0 saturated carbocycles. The number of benzene rings is 1. The summed E-state index contributed by atoms with van der Waals surface area (Å²) < 4.78 is 7.06. The summed E-state index contributed by atoms with van der Waals surface area (Å²) in [6, 6.07) is 7.82. The van der Waals surface area contributed by atoms with Crippen LogP contribution in [0, 0.1) is 0 Å². The van der Waals surface area contributed by atoms with Crippen LogP contribution in [0.15, 0.2) is 42.0 Å². The highest BCUT2D eigenvalue weighted by atomic mass is 16.5. The summed E-state index contributed by atoms with van der Waals surface area (Å²) in [4.78, 5) is 0. The number of nitrogens with zero attached hydrogens (tertiary/aromatic N) is 4. The van der Waals surface area contributed by atoms with Crippen LogP contribution in [-0.2, 0) is 6.42 Å². The first-order chi connectivity index (χ1) is 9.13. The second-order valence-corrected chi connectivity index (χ2v) is 4.42. The first-order valence-corrected chi connectivity index (χ1v) is 6.07. The lowest BCUT2D eigenvalue weighted by molar-refractivity contribution is 0.242. The van der Waals surface area contributed by atoms with Crippen LogP contribution in [0.4, 0.5) is 0 Å². The minimum Gasteiger partial charge on any atom is -0.491 e. The number of nitrogens with two attached hydrogens (primary N) is 1. The zero-order valence-corrected chi connectivity index (χ0v) is 11.0. The highest BCUT2D eigenvalue weighted by Gasteiger charge is 2.00. The molecule has 0 aliphatic rings. The molecule has 0 radical (unpaired) electrons. The predicted octanol–water partition coefficient (Wildman–Crippen LogP) is 1.43. The Morgan fingerprint density at radius 3 is 2.47 bits per heavy atom. The van der Waals surface area contributed by atoms with E-state index < -0.39 is 0 Å². The molecule has 0 fully saturated rings. The molecule has 6 nitrogen and oxygen atoms in total. The van der Waals surface area contributed by atoms with Crippen molar-refractivity contribution in [2.75, 3.05) is 0 Å². The minimum atomic E-state index is 0.172. The Morgan fingerprint density at radius 1 is 1.26 bits per heavy atom. The van der Waals surface area contributed by atoms with E-state index in [4.69, 9.17) is 10.5 Å². The van der Waals surface area contributed by atoms with Crippen molar-refractivity contribution in [3.8, 4) is 5.75 Å². The molecule has 1 aromatic carbocycles. The zero-order valence-electron chi connectivity index (χ0n) is 11.0. The van der Waals surface area contributed by atoms with E-state index in [9.17, 15) is 0 Å². The Hall–Kier alpha value is -2.37. The molecular formula is C13H17N5O. The predicted molar refractivity (Wildman–Crippen MR) is 73.0 cm³/mol. The third-order valence-corrected chi connectivity index (χ3v) is 2.33. The molecule has 0 atom stereocenters. The van der Waals surface area contributed by atoms with Gasteiger partial charge in [0.25, 0.3) is 0 Å². The number of ether oxygens (including phenoxy) is 1. The van der Waals surface area contributed by atoms with E-state index in [1.165, 1.54) is 17.3 Å². The maximum Gasteiger partial charge on any atom is 0.141 e. The summed E-state index contributed by atoms with van der Waals surface area (Å²) in [6.45, 7) is 4.00. The standard InChI is InChI=1S/C13H17N5O/c1-10(2)19-12-5-3-11(4-6-12)7-13(14)17-18-8-15-16-9-18/h3-6,8-10H,7H2,1-2H3,(H2,14,17). The summed E-state index contributed by atoms with van der Waals surface area (Å²) in [5.74, 6) is 1.35. The van der Waals surface area contributed by atoms with Crippen molar-refractivity contribution in [1.29, 1.82) is 0 Å². The van der Waals surface area contributed by atoms with Gasteiger partial charge in [-0.05, 0) is 31.5 Å². The molecule has 100 valence electrons. The normalized spacial score (nSPS) is 11.8. The van der Waals surface area contributed by atoms with Crippen molar-refractivity contribution in [2.24, 2.45) is 10.8 Å². The van der Waals surface area contributed by atoms with Crippen LogP contribution >= 0.6 is 0 Å². The summed E-state index contributed by atoms with van der Waals surface area (Å²) in [5, 5.41) is 11.5. The van der Waals surface area contributed by atoms with E-state index in [0.29, 0.717) is 12.3 Å². The van der Waals surface area contributed by atoms with E-state index >= 15 is 0 Å². The SMILES string of the molecule is CC(C)Oc1ccc(CC(N)=Nn2cnnc2)cc1. The van der Waals surface area contributed by atoms with Crippen LogP contribution in [0.1, 0.15) is 19.4 Å². The molecule has 0 spiro atoms. The number of aromatic nitrogens is 3. The molecule has 1 aromatic heterocycles. The first-order valence-electron chi connectivity index (χ1n) is 6.07. The van der Waals surface area contributed by atoms with Crippen LogP contribution < -0.4 is 10.5 Å². The van der Waals surface area contributed by atoms with Crippen LogP contribution in [0.3, 0.4) is 0 Å². The third-order valence-electron chi connectivity index (χ3n) is 2.33. The largest absolute Gasteiger partial charge is 0.491 e. The molecule has 0 unspecified atom stereocenters. The van der Waals surface area contributed by atoms with Gasteiger partial charge < -0.3 is 10.5 Å². The second-order valence-electron chi connectivity index (χ2n) is 4.42. The van der Waals surface area contributed by atoms with Gasteiger partial charge >= 0.3 is 0 Å². The molecule has 0 amide bonds. The lowest BCUT2D eigenvalue weighted by Crippen LogP contribution is -2.16. The molecule has 2 aromatic rings. The molecule has 19 heavy (non-hydrogen) atoms. The molecule has 0 aliphatic heterocycles. The van der Waals surface area contributed by atoms with Gasteiger partial charge in [-0.15, -0.1) is 10.2 Å². The van der Waals surface area contributed by atoms with Crippen LogP contribution in [-0.4, -0.2) is 26.8 Å². The van der Waals surface area contributed by atoms with Gasteiger partial charge in [0.05, 0.1) is 6.10 Å². The molecule has 0 saturated heterocycles. The van der Waals surface area contributed by atoms with Gasteiger partial charge in [-0.25, -0.2) is 4.68 Å². The van der Waals surface area contributed by atoms with E-state index in [0.717, 1.165) is 11.3 Å². The summed E-state index contributed by atoms with van der Waals surface area (Å²) in [6.07, 6.45) is 3.73. The Labute approximate surface area is 111 Å². The summed E-state index contributed by atoms with van der Waals surface area (Å²) in [5.41, 5.74) is 6.93. The van der Waals surface area contributed by atoms with Crippen molar-refractivity contribution < 1.29 is 4.74 Å². The topological polar surface area (TPSA) is 78.3 Å². The molecule has 0 aliphatic carbocycles. The Balaban J connectivity index is 1.99. The number of hydrogen-bond acceptors (Lipinski definition) is 4. The van der Waals surface area contributed by atoms with Crippen molar-refractivity contribution in [2.45, 2.75) is 26.4 Å². The van der Waals surface area contributed by atoms with E-state index in [-0.39, 0.29) is 6.10 Å². The molecule has 2 N–H and O–H groups in total.